The molecule has 3 aromatic carbocycles. The zero-order chi connectivity index (χ0) is 21.0. The van der Waals surface area contributed by atoms with Crippen molar-refractivity contribution in [2.45, 2.75) is 18.8 Å². The summed E-state index contributed by atoms with van der Waals surface area (Å²) in [5.41, 5.74) is 0.732. The van der Waals surface area contributed by atoms with E-state index in [9.17, 15) is 23.5 Å². The smallest absolute Gasteiger partial charge is 0.174 e. The number of benzene rings is 3. The second kappa shape index (κ2) is 8.97. The summed E-state index contributed by atoms with van der Waals surface area (Å²) in [5.74, 6) is -3.93. The molecule has 1 N–H and O–H groups in total. The minimum absolute atomic E-state index is 0.00459. The van der Waals surface area contributed by atoms with Gasteiger partial charge in [-0.2, -0.15) is 0 Å². The van der Waals surface area contributed by atoms with Crippen LogP contribution in [-0.2, 0) is 0 Å². The van der Waals surface area contributed by atoms with Crippen molar-refractivity contribution in [3.8, 4) is 5.75 Å². The number of ketones is 2. The number of phenolic OH excluding ortho intramolecular Hbond substituents is 1. The quantitative estimate of drug-likeness (QED) is 0.486. The monoisotopic (exact) mass is 414 g/mol. The molecule has 0 radical (unpaired) electrons. The van der Waals surface area contributed by atoms with Crippen molar-refractivity contribution in [3.63, 3.8) is 0 Å². The van der Waals surface area contributed by atoms with Crippen LogP contribution in [0.25, 0.3) is 0 Å². The van der Waals surface area contributed by atoms with E-state index >= 15 is 0 Å². The number of para-hydroxylation sites is 1. The molecule has 1 unspecified atom stereocenters. The fraction of sp³-hybridized carbons (Fsp3) is 0.130. The maximum absolute atomic E-state index is 13.8. The zero-order valence-corrected chi connectivity index (χ0v) is 16.0. The van der Waals surface area contributed by atoms with Crippen molar-refractivity contribution < 1.29 is 23.5 Å². The molecule has 0 aliphatic carbocycles. The first kappa shape index (κ1) is 20.7. The van der Waals surface area contributed by atoms with Crippen molar-refractivity contribution in [3.05, 3.63) is 100 Å². The van der Waals surface area contributed by atoms with E-state index in [4.69, 9.17) is 11.6 Å². The van der Waals surface area contributed by atoms with Gasteiger partial charge in [-0.3, -0.25) is 9.59 Å². The third-order valence-electron chi connectivity index (χ3n) is 4.66. The highest BCUT2D eigenvalue weighted by Crippen LogP contribution is 2.31. The lowest BCUT2D eigenvalue weighted by Gasteiger charge is -2.17. The van der Waals surface area contributed by atoms with Crippen LogP contribution < -0.4 is 0 Å². The first-order valence-corrected chi connectivity index (χ1v) is 9.30. The highest BCUT2D eigenvalue weighted by Gasteiger charge is 2.26. The molecule has 1 atom stereocenters. The van der Waals surface area contributed by atoms with Crippen LogP contribution in [0.3, 0.4) is 0 Å². The van der Waals surface area contributed by atoms with Gasteiger partial charge in [-0.25, -0.2) is 8.78 Å². The first-order chi connectivity index (χ1) is 13.9. The molecule has 0 saturated heterocycles. The number of hydrogen-bond acceptors (Lipinski definition) is 3. The lowest BCUT2D eigenvalue weighted by molar-refractivity contribution is 0.0934. The van der Waals surface area contributed by atoms with E-state index in [-0.39, 0.29) is 35.5 Å². The van der Waals surface area contributed by atoms with Gasteiger partial charge in [0.2, 0.25) is 0 Å². The topological polar surface area (TPSA) is 54.4 Å². The van der Waals surface area contributed by atoms with Gasteiger partial charge in [0.15, 0.2) is 23.2 Å². The molecule has 0 heterocycles. The van der Waals surface area contributed by atoms with Crippen LogP contribution >= 0.6 is 11.6 Å². The van der Waals surface area contributed by atoms with Crippen LogP contribution in [0, 0.1) is 11.6 Å². The molecular weight excluding hydrogens is 398 g/mol. The maximum Gasteiger partial charge on any atom is 0.174 e. The van der Waals surface area contributed by atoms with E-state index in [0.29, 0.717) is 10.6 Å². The third-order valence-corrected chi connectivity index (χ3v) is 4.91. The van der Waals surface area contributed by atoms with Crippen molar-refractivity contribution in [1.29, 1.82) is 0 Å². The number of carbonyl (C=O) groups is 2. The Morgan fingerprint density at radius 1 is 0.931 bits per heavy atom. The summed E-state index contributed by atoms with van der Waals surface area (Å²) < 4.78 is 27.1. The van der Waals surface area contributed by atoms with Crippen LogP contribution in [0.1, 0.15) is 45.0 Å². The number of Topliss-reactive ketones (excluding diaryl/α,β-unsaturated/α-hetero) is 2. The number of phenols is 1. The molecule has 0 amide bonds. The van der Waals surface area contributed by atoms with E-state index in [1.165, 1.54) is 18.2 Å². The predicted octanol–water partition coefficient (Wildman–Crippen LogP) is 5.95. The summed E-state index contributed by atoms with van der Waals surface area (Å²) in [6.45, 7) is 0. The Labute approximate surface area is 171 Å². The number of rotatable bonds is 7. The Kier molecular flexibility index (Phi) is 6.39. The Morgan fingerprint density at radius 2 is 1.62 bits per heavy atom. The molecule has 6 heteroatoms. The van der Waals surface area contributed by atoms with Gasteiger partial charge >= 0.3 is 0 Å². The van der Waals surface area contributed by atoms with E-state index in [0.717, 1.165) is 12.1 Å². The molecule has 3 nitrogen and oxygen atoms in total. The zero-order valence-electron chi connectivity index (χ0n) is 15.2. The molecule has 0 aromatic heterocycles. The Morgan fingerprint density at radius 3 is 2.28 bits per heavy atom. The van der Waals surface area contributed by atoms with Crippen molar-refractivity contribution in [1.82, 2.24) is 0 Å². The van der Waals surface area contributed by atoms with Gasteiger partial charge in [0.1, 0.15) is 5.75 Å². The number of hydrogen-bond donors (Lipinski definition) is 1. The minimum atomic E-state index is -1.08. The second-order valence-corrected chi connectivity index (χ2v) is 7.01. The summed E-state index contributed by atoms with van der Waals surface area (Å²) in [4.78, 5) is 25.6. The molecule has 0 fully saturated rings. The Hall–Kier alpha value is -3.05. The number of aromatic hydroxyl groups is 1. The molecule has 29 heavy (non-hydrogen) atoms. The maximum atomic E-state index is 13.8. The lowest BCUT2D eigenvalue weighted by atomic mass is 9.85. The lowest BCUT2D eigenvalue weighted by Crippen LogP contribution is -2.15. The molecule has 0 aliphatic heterocycles. The molecule has 0 bridgehead atoms. The van der Waals surface area contributed by atoms with Gasteiger partial charge in [0.05, 0.1) is 5.56 Å². The van der Waals surface area contributed by atoms with E-state index in [1.807, 2.05) is 0 Å². The summed E-state index contributed by atoms with van der Waals surface area (Å²) in [7, 11) is 0. The summed E-state index contributed by atoms with van der Waals surface area (Å²) in [5, 5.41) is 10.5. The van der Waals surface area contributed by atoms with E-state index < -0.39 is 23.3 Å². The Balaban J connectivity index is 1.89. The fourth-order valence-electron chi connectivity index (χ4n) is 3.10. The normalized spacial score (nSPS) is 11.8. The summed E-state index contributed by atoms with van der Waals surface area (Å²) in [6.07, 6.45) is 0.0737. The van der Waals surface area contributed by atoms with Gasteiger partial charge in [-0.15, -0.1) is 0 Å². The summed E-state index contributed by atoms with van der Waals surface area (Å²) >= 11 is 5.83. The highest BCUT2D eigenvalue weighted by molar-refractivity contribution is 6.30. The minimum Gasteiger partial charge on any atom is -0.507 e. The first-order valence-electron chi connectivity index (χ1n) is 8.92. The largest absolute Gasteiger partial charge is 0.507 e. The standard InChI is InChI=1S/C23H17ClF2O3/c24-16-8-5-14(6-9-16)21(27)12-10-17(15-7-11-19(25)20(26)13-15)23(29)18-3-1-2-4-22(18)28/h1-9,11,13,17,28H,10,12H2. The molecule has 3 aromatic rings. The molecule has 148 valence electrons. The average Bonchev–Trinajstić information content (AvgIpc) is 2.71. The van der Waals surface area contributed by atoms with Crippen LogP contribution in [0.4, 0.5) is 8.78 Å². The van der Waals surface area contributed by atoms with Crippen LogP contribution in [-0.4, -0.2) is 16.7 Å². The van der Waals surface area contributed by atoms with Crippen molar-refractivity contribution in [2.24, 2.45) is 0 Å². The third kappa shape index (κ3) is 4.87. The fourth-order valence-corrected chi connectivity index (χ4v) is 3.23. The van der Waals surface area contributed by atoms with Crippen molar-refractivity contribution >= 4 is 23.2 Å². The molecule has 0 spiro atoms. The van der Waals surface area contributed by atoms with Gasteiger partial charge in [0, 0.05) is 22.9 Å². The van der Waals surface area contributed by atoms with Gasteiger partial charge in [0.25, 0.3) is 0 Å². The van der Waals surface area contributed by atoms with Gasteiger partial charge < -0.3 is 5.11 Å². The predicted molar refractivity (Wildman–Crippen MR) is 107 cm³/mol. The second-order valence-electron chi connectivity index (χ2n) is 6.58. The number of halogens is 3. The molecule has 0 aliphatic rings. The SMILES string of the molecule is O=C(CCC(C(=O)c1ccccc1O)c1ccc(F)c(F)c1)c1ccc(Cl)cc1. The van der Waals surface area contributed by atoms with E-state index in [2.05, 4.69) is 0 Å². The molecule has 0 saturated carbocycles. The Bertz CT molecular complexity index is 1050. The average molecular weight is 415 g/mol. The number of carbonyl (C=O) groups excluding carboxylic acids is 2. The van der Waals surface area contributed by atoms with Crippen LogP contribution in [0.5, 0.6) is 5.75 Å². The van der Waals surface area contributed by atoms with Crippen LogP contribution in [0.15, 0.2) is 66.7 Å². The summed E-state index contributed by atoms with van der Waals surface area (Å²) in [6, 6.07) is 15.5. The van der Waals surface area contributed by atoms with E-state index in [1.54, 1.807) is 36.4 Å². The molecule has 3 rings (SSSR count). The highest BCUT2D eigenvalue weighted by atomic mass is 35.5. The molecular formula is C23H17ClF2O3. The van der Waals surface area contributed by atoms with Crippen molar-refractivity contribution in [2.75, 3.05) is 0 Å². The van der Waals surface area contributed by atoms with Gasteiger partial charge in [-0.1, -0.05) is 29.8 Å². The van der Waals surface area contributed by atoms with Crippen LogP contribution in [0.2, 0.25) is 5.02 Å². The van der Waals surface area contributed by atoms with Gasteiger partial charge in [-0.05, 0) is 60.5 Å².